The van der Waals surface area contributed by atoms with E-state index in [1.54, 1.807) is 6.20 Å². The van der Waals surface area contributed by atoms with Gasteiger partial charge in [-0.3, -0.25) is 4.98 Å². The fourth-order valence-electron chi connectivity index (χ4n) is 1.45. The lowest BCUT2D eigenvalue weighted by Gasteiger charge is -1.98. The molecular weight excluding hydrogens is 239 g/mol. The highest BCUT2D eigenvalue weighted by molar-refractivity contribution is 9.10. The number of rotatable bonds is 0. The smallest absolute Gasteiger partial charge is 0.150 e. The Hall–Kier alpha value is -0.970. The van der Waals surface area contributed by atoms with Crippen LogP contribution in [0.1, 0.15) is 11.1 Å². The van der Waals surface area contributed by atoms with Gasteiger partial charge in [-0.15, -0.1) is 0 Å². The molecule has 0 aliphatic heterocycles. The van der Waals surface area contributed by atoms with Crippen LogP contribution in [0.2, 0.25) is 0 Å². The van der Waals surface area contributed by atoms with Gasteiger partial charge in [-0.25, -0.2) is 4.39 Å². The van der Waals surface area contributed by atoms with E-state index in [0.29, 0.717) is 5.56 Å². The Morgan fingerprint density at radius 1 is 1.62 bits per heavy atom. The van der Waals surface area contributed by atoms with Crippen molar-refractivity contribution in [2.45, 2.75) is 12.6 Å². The fourth-order valence-corrected chi connectivity index (χ4v) is 1.94. The van der Waals surface area contributed by atoms with E-state index < -0.39 is 6.17 Å². The van der Waals surface area contributed by atoms with E-state index in [4.69, 9.17) is 5.21 Å². The van der Waals surface area contributed by atoms with Crippen LogP contribution in [0.3, 0.4) is 0 Å². The molecule has 0 spiro atoms. The number of hydrogen-bond donors (Lipinski definition) is 1. The molecule has 1 heterocycles. The van der Waals surface area contributed by atoms with Gasteiger partial charge in [-0.2, -0.15) is 0 Å². The van der Waals surface area contributed by atoms with Crippen molar-refractivity contribution in [3.63, 3.8) is 0 Å². The standard InChI is InChI=1S/C8H6BrFN2O/c9-6-3-11-2-5-4(6)1-7(10)8(5)12-13/h2-3,7,13H,1H2. The number of hydrogen-bond acceptors (Lipinski definition) is 3. The van der Waals surface area contributed by atoms with E-state index in [0.717, 1.165) is 10.0 Å². The van der Waals surface area contributed by atoms with Crippen molar-refractivity contribution in [2.24, 2.45) is 5.16 Å². The second-order valence-electron chi connectivity index (χ2n) is 2.80. The summed E-state index contributed by atoms with van der Waals surface area (Å²) in [5, 5.41) is 11.5. The Labute approximate surface area is 82.4 Å². The molecule has 1 N–H and O–H groups in total. The molecule has 1 unspecified atom stereocenters. The maximum Gasteiger partial charge on any atom is 0.150 e. The van der Waals surface area contributed by atoms with Crippen LogP contribution in [0.4, 0.5) is 4.39 Å². The number of fused-ring (bicyclic) bond motifs is 1. The first-order chi connectivity index (χ1) is 6.24. The molecule has 1 aliphatic rings. The topological polar surface area (TPSA) is 45.5 Å². The summed E-state index contributed by atoms with van der Waals surface area (Å²) in [6.07, 6.45) is 2.14. The zero-order valence-corrected chi connectivity index (χ0v) is 8.12. The molecule has 3 nitrogen and oxygen atoms in total. The van der Waals surface area contributed by atoms with Gasteiger partial charge in [0.25, 0.3) is 0 Å². The third-order valence-electron chi connectivity index (χ3n) is 2.07. The Kier molecular flexibility index (Phi) is 2.03. The first kappa shape index (κ1) is 8.62. The summed E-state index contributed by atoms with van der Waals surface area (Å²) in [5.74, 6) is 0. The summed E-state index contributed by atoms with van der Waals surface area (Å²) in [5.41, 5.74) is 1.48. The highest BCUT2D eigenvalue weighted by atomic mass is 79.9. The normalized spacial score (nSPS) is 23.5. The molecule has 0 amide bonds. The molecule has 1 aromatic heterocycles. The molecule has 13 heavy (non-hydrogen) atoms. The number of nitrogens with zero attached hydrogens (tertiary/aromatic N) is 2. The molecule has 1 aliphatic carbocycles. The minimum absolute atomic E-state index is 0.0730. The van der Waals surface area contributed by atoms with E-state index in [-0.39, 0.29) is 12.1 Å². The number of alkyl halides is 1. The van der Waals surface area contributed by atoms with Crippen LogP contribution in [0.25, 0.3) is 0 Å². The van der Waals surface area contributed by atoms with Crippen LogP contribution in [-0.4, -0.2) is 22.1 Å². The monoisotopic (exact) mass is 244 g/mol. The minimum atomic E-state index is -1.22. The molecule has 0 saturated heterocycles. The molecule has 5 heteroatoms. The maximum absolute atomic E-state index is 13.2. The Morgan fingerprint density at radius 3 is 3.08 bits per heavy atom. The molecule has 0 fully saturated rings. The summed E-state index contributed by atoms with van der Waals surface area (Å²) < 4.78 is 14.0. The quantitative estimate of drug-likeness (QED) is 0.560. The molecule has 0 radical (unpaired) electrons. The van der Waals surface area contributed by atoms with Crippen molar-refractivity contribution in [1.29, 1.82) is 0 Å². The van der Waals surface area contributed by atoms with E-state index >= 15 is 0 Å². The lowest BCUT2D eigenvalue weighted by Crippen LogP contribution is -2.10. The SMILES string of the molecule is ON=C1c2cncc(Br)c2CC1F. The van der Waals surface area contributed by atoms with E-state index in [1.165, 1.54) is 6.20 Å². The van der Waals surface area contributed by atoms with Crippen LogP contribution >= 0.6 is 15.9 Å². The molecule has 2 rings (SSSR count). The third-order valence-corrected chi connectivity index (χ3v) is 2.75. The number of oxime groups is 1. The van der Waals surface area contributed by atoms with E-state index in [9.17, 15) is 4.39 Å². The van der Waals surface area contributed by atoms with Gasteiger partial charge in [-0.05, 0) is 21.5 Å². The summed E-state index contributed by atoms with van der Waals surface area (Å²) in [6, 6.07) is 0. The fraction of sp³-hybridized carbons (Fsp3) is 0.250. The summed E-state index contributed by atoms with van der Waals surface area (Å²) >= 11 is 3.27. The van der Waals surface area contributed by atoms with Gasteiger partial charge in [0.05, 0.1) is 0 Å². The zero-order valence-electron chi connectivity index (χ0n) is 6.54. The van der Waals surface area contributed by atoms with Crippen molar-refractivity contribution in [1.82, 2.24) is 4.98 Å². The van der Waals surface area contributed by atoms with Gasteiger partial charge in [-0.1, -0.05) is 5.16 Å². The Balaban J connectivity index is 2.61. The number of pyridine rings is 1. The van der Waals surface area contributed by atoms with Crippen LogP contribution in [-0.2, 0) is 6.42 Å². The van der Waals surface area contributed by atoms with Gasteiger partial charge in [0.2, 0.25) is 0 Å². The third kappa shape index (κ3) is 1.23. The highest BCUT2D eigenvalue weighted by Crippen LogP contribution is 2.29. The van der Waals surface area contributed by atoms with Gasteiger partial charge in [0.15, 0.2) is 0 Å². The molecule has 68 valence electrons. The summed E-state index contributed by atoms with van der Waals surface area (Å²) in [4.78, 5) is 3.88. The average molecular weight is 245 g/mol. The number of aromatic nitrogens is 1. The lowest BCUT2D eigenvalue weighted by atomic mass is 10.2. The second-order valence-corrected chi connectivity index (χ2v) is 3.66. The molecule has 1 aromatic rings. The molecule has 1 atom stereocenters. The number of halogens is 2. The summed E-state index contributed by atoms with van der Waals surface area (Å²) in [7, 11) is 0. The van der Waals surface area contributed by atoms with Crippen molar-refractivity contribution >= 4 is 21.6 Å². The van der Waals surface area contributed by atoms with Crippen molar-refractivity contribution in [3.8, 4) is 0 Å². The molecule has 0 bridgehead atoms. The van der Waals surface area contributed by atoms with E-state index in [1.807, 2.05) is 0 Å². The van der Waals surface area contributed by atoms with Crippen molar-refractivity contribution in [3.05, 3.63) is 28.0 Å². The molecule has 0 aromatic carbocycles. The Morgan fingerprint density at radius 2 is 2.38 bits per heavy atom. The average Bonchev–Trinajstić information content (AvgIpc) is 2.43. The first-order valence-corrected chi connectivity index (χ1v) is 4.52. The first-order valence-electron chi connectivity index (χ1n) is 3.73. The zero-order chi connectivity index (χ0) is 9.42. The highest BCUT2D eigenvalue weighted by Gasteiger charge is 2.30. The van der Waals surface area contributed by atoms with Crippen molar-refractivity contribution in [2.75, 3.05) is 0 Å². The van der Waals surface area contributed by atoms with Gasteiger partial charge >= 0.3 is 0 Å². The van der Waals surface area contributed by atoms with Crippen molar-refractivity contribution < 1.29 is 9.60 Å². The van der Waals surface area contributed by atoms with Crippen LogP contribution < -0.4 is 0 Å². The maximum atomic E-state index is 13.2. The van der Waals surface area contributed by atoms with Crippen LogP contribution in [0.15, 0.2) is 22.0 Å². The molecule has 0 saturated carbocycles. The largest absolute Gasteiger partial charge is 0.411 e. The minimum Gasteiger partial charge on any atom is -0.411 e. The predicted molar refractivity (Wildman–Crippen MR) is 48.9 cm³/mol. The van der Waals surface area contributed by atoms with Gasteiger partial charge < -0.3 is 5.21 Å². The molecular formula is C8H6BrFN2O. The van der Waals surface area contributed by atoms with Crippen LogP contribution in [0, 0.1) is 0 Å². The van der Waals surface area contributed by atoms with E-state index in [2.05, 4.69) is 26.1 Å². The van der Waals surface area contributed by atoms with Gasteiger partial charge in [0.1, 0.15) is 11.9 Å². The lowest BCUT2D eigenvalue weighted by molar-refractivity contribution is 0.310. The predicted octanol–water partition coefficient (Wildman–Crippen LogP) is 1.92. The Bertz CT molecular complexity index is 380. The second kappa shape index (κ2) is 3.06. The van der Waals surface area contributed by atoms with Crippen LogP contribution in [0.5, 0.6) is 0 Å². The summed E-state index contributed by atoms with van der Waals surface area (Å²) in [6.45, 7) is 0. The van der Waals surface area contributed by atoms with Gasteiger partial charge in [0, 0.05) is 28.9 Å².